The predicted molar refractivity (Wildman–Crippen MR) is 69.5 cm³/mol. The lowest BCUT2D eigenvalue weighted by Gasteiger charge is -2.15. The SMILES string of the molecule is CCCCN1C[C@H](C(=O)Nc2cc(C)on2)CC1=O. The first-order chi connectivity index (χ1) is 9.10. The van der Waals surface area contributed by atoms with Crippen molar-refractivity contribution in [2.75, 3.05) is 18.4 Å². The summed E-state index contributed by atoms with van der Waals surface area (Å²) in [6.07, 6.45) is 2.30. The van der Waals surface area contributed by atoms with Gasteiger partial charge in [-0.2, -0.15) is 0 Å². The average molecular weight is 265 g/mol. The molecule has 1 atom stereocenters. The summed E-state index contributed by atoms with van der Waals surface area (Å²) < 4.78 is 4.88. The van der Waals surface area contributed by atoms with Crippen LogP contribution < -0.4 is 5.32 Å². The normalized spacial score (nSPS) is 18.9. The molecule has 0 spiro atoms. The van der Waals surface area contributed by atoms with Crippen LogP contribution >= 0.6 is 0 Å². The fourth-order valence-electron chi connectivity index (χ4n) is 2.17. The van der Waals surface area contributed by atoms with Crippen molar-refractivity contribution in [3.8, 4) is 0 Å². The summed E-state index contributed by atoms with van der Waals surface area (Å²) in [5.41, 5.74) is 0. The molecule has 0 aliphatic carbocycles. The van der Waals surface area contributed by atoms with Crippen molar-refractivity contribution >= 4 is 17.6 Å². The van der Waals surface area contributed by atoms with Gasteiger partial charge in [0, 0.05) is 25.6 Å². The summed E-state index contributed by atoms with van der Waals surface area (Å²) in [6, 6.07) is 1.66. The Labute approximate surface area is 112 Å². The largest absolute Gasteiger partial charge is 0.360 e. The predicted octanol–water partition coefficient (Wildman–Crippen LogP) is 1.57. The zero-order chi connectivity index (χ0) is 13.8. The van der Waals surface area contributed by atoms with Crippen LogP contribution in [0.2, 0.25) is 0 Å². The Morgan fingerprint density at radius 3 is 3.05 bits per heavy atom. The van der Waals surface area contributed by atoms with Crippen molar-refractivity contribution in [3.05, 3.63) is 11.8 Å². The van der Waals surface area contributed by atoms with Gasteiger partial charge in [-0.3, -0.25) is 9.59 Å². The molecule has 2 rings (SSSR count). The highest BCUT2D eigenvalue weighted by Gasteiger charge is 2.34. The maximum Gasteiger partial charge on any atom is 0.231 e. The Bertz CT molecular complexity index is 469. The van der Waals surface area contributed by atoms with Gasteiger partial charge in [0.1, 0.15) is 5.76 Å². The molecule has 0 unspecified atom stereocenters. The van der Waals surface area contributed by atoms with Crippen molar-refractivity contribution in [2.45, 2.75) is 33.1 Å². The lowest BCUT2D eigenvalue weighted by atomic mass is 10.1. The number of hydrogen-bond acceptors (Lipinski definition) is 4. The van der Waals surface area contributed by atoms with Crippen LogP contribution in [0.1, 0.15) is 31.9 Å². The van der Waals surface area contributed by atoms with Crippen LogP contribution in [0.4, 0.5) is 5.82 Å². The molecule has 1 aromatic rings. The van der Waals surface area contributed by atoms with Gasteiger partial charge in [-0.05, 0) is 13.3 Å². The summed E-state index contributed by atoms with van der Waals surface area (Å²) in [6.45, 7) is 5.08. The van der Waals surface area contributed by atoms with Crippen LogP contribution in [0.3, 0.4) is 0 Å². The van der Waals surface area contributed by atoms with E-state index < -0.39 is 0 Å². The van der Waals surface area contributed by atoms with E-state index in [-0.39, 0.29) is 24.2 Å². The van der Waals surface area contributed by atoms with E-state index in [1.807, 2.05) is 0 Å². The van der Waals surface area contributed by atoms with E-state index in [9.17, 15) is 9.59 Å². The Kier molecular flexibility index (Phi) is 4.19. The van der Waals surface area contributed by atoms with Crippen molar-refractivity contribution < 1.29 is 14.1 Å². The van der Waals surface area contributed by atoms with E-state index in [4.69, 9.17) is 4.52 Å². The molecule has 0 saturated carbocycles. The monoisotopic (exact) mass is 265 g/mol. The molecule has 6 nitrogen and oxygen atoms in total. The molecule has 1 saturated heterocycles. The van der Waals surface area contributed by atoms with Crippen molar-refractivity contribution in [3.63, 3.8) is 0 Å². The quantitative estimate of drug-likeness (QED) is 0.876. The summed E-state index contributed by atoms with van der Waals surface area (Å²) in [5, 5.41) is 6.39. The molecule has 1 aliphatic heterocycles. The number of carbonyl (C=O) groups excluding carboxylic acids is 2. The molecular weight excluding hydrogens is 246 g/mol. The number of aromatic nitrogens is 1. The topological polar surface area (TPSA) is 75.4 Å². The molecular formula is C13H19N3O3. The molecule has 19 heavy (non-hydrogen) atoms. The number of nitrogens with one attached hydrogen (secondary N) is 1. The second-order valence-electron chi connectivity index (χ2n) is 4.91. The molecule has 104 valence electrons. The molecule has 6 heteroatoms. The van der Waals surface area contributed by atoms with Crippen LogP contribution in [0.25, 0.3) is 0 Å². The minimum atomic E-state index is -0.290. The second kappa shape index (κ2) is 5.86. The van der Waals surface area contributed by atoms with E-state index in [0.717, 1.165) is 19.4 Å². The Morgan fingerprint density at radius 2 is 2.42 bits per heavy atom. The highest BCUT2D eigenvalue weighted by atomic mass is 16.5. The molecule has 1 aromatic heterocycles. The minimum absolute atomic E-state index is 0.0601. The third-order valence-corrected chi connectivity index (χ3v) is 3.25. The van der Waals surface area contributed by atoms with Crippen LogP contribution in [0, 0.1) is 12.8 Å². The van der Waals surface area contributed by atoms with E-state index in [1.165, 1.54) is 0 Å². The minimum Gasteiger partial charge on any atom is -0.360 e. The van der Waals surface area contributed by atoms with E-state index >= 15 is 0 Å². The Morgan fingerprint density at radius 1 is 1.63 bits per heavy atom. The van der Waals surface area contributed by atoms with E-state index in [2.05, 4.69) is 17.4 Å². The van der Waals surface area contributed by atoms with Gasteiger partial charge in [0.2, 0.25) is 11.8 Å². The summed E-state index contributed by atoms with van der Waals surface area (Å²) >= 11 is 0. The third kappa shape index (κ3) is 3.33. The lowest BCUT2D eigenvalue weighted by Crippen LogP contribution is -2.29. The van der Waals surface area contributed by atoms with Gasteiger partial charge >= 0.3 is 0 Å². The maximum atomic E-state index is 12.0. The van der Waals surface area contributed by atoms with Crippen LogP contribution in [-0.2, 0) is 9.59 Å². The number of rotatable bonds is 5. The van der Waals surface area contributed by atoms with Gasteiger partial charge in [0.05, 0.1) is 5.92 Å². The van der Waals surface area contributed by atoms with Gasteiger partial charge < -0.3 is 14.7 Å². The fourth-order valence-corrected chi connectivity index (χ4v) is 2.17. The third-order valence-electron chi connectivity index (χ3n) is 3.25. The standard InChI is InChI=1S/C13H19N3O3/c1-3-4-5-16-8-10(7-12(16)17)13(18)14-11-6-9(2)19-15-11/h6,10H,3-5,7-8H2,1-2H3,(H,14,15,18)/t10-/m1/s1. The van der Waals surface area contributed by atoms with Crippen LogP contribution in [0.5, 0.6) is 0 Å². The van der Waals surface area contributed by atoms with Gasteiger partial charge in [-0.25, -0.2) is 0 Å². The number of amides is 2. The molecule has 1 aliphatic rings. The van der Waals surface area contributed by atoms with Crippen molar-refractivity contribution in [1.29, 1.82) is 0 Å². The van der Waals surface area contributed by atoms with E-state index in [1.54, 1.807) is 17.9 Å². The summed E-state index contributed by atoms with van der Waals surface area (Å²) in [4.78, 5) is 25.5. The number of aryl methyl sites for hydroxylation is 1. The summed E-state index contributed by atoms with van der Waals surface area (Å²) in [7, 11) is 0. The Balaban J connectivity index is 1.89. The van der Waals surface area contributed by atoms with Gasteiger partial charge in [0.15, 0.2) is 5.82 Å². The molecule has 0 aromatic carbocycles. The summed E-state index contributed by atoms with van der Waals surface area (Å²) in [5.74, 6) is 0.649. The molecule has 0 radical (unpaired) electrons. The van der Waals surface area contributed by atoms with Gasteiger partial charge in [0.25, 0.3) is 0 Å². The van der Waals surface area contributed by atoms with Crippen molar-refractivity contribution in [1.82, 2.24) is 10.1 Å². The highest BCUT2D eigenvalue weighted by molar-refractivity contribution is 5.96. The number of carbonyl (C=O) groups is 2. The maximum absolute atomic E-state index is 12.0. The number of nitrogens with zero attached hydrogens (tertiary/aromatic N) is 2. The molecule has 1 N–H and O–H groups in total. The first-order valence-corrected chi connectivity index (χ1v) is 6.62. The van der Waals surface area contributed by atoms with Gasteiger partial charge in [-0.1, -0.05) is 18.5 Å². The second-order valence-corrected chi connectivity index (χ2v) is 4.91. The first-order valence-electron chi connectivity index (χ1n) is 6.62. The highest BCUT2D eigenvalue weighted by Crippen LogP contribution is 2.20. The average Bonchev–Trinajstić information content (AvgIpc) is 2.93. The molecule has 2 heterocycles. The first kappa shape index (κ1) is 13.6. The van der Waals surface area contributed by atoms with Gasteiger partial charge in [-0.15, -0.1) is 0 Å². The van der Waals surface area contributed by atoms with Crippen molar-refractivity contribution in [2.24, 2.45) is 5.92 Å². The fraction of sp³-hybridized carbons (Fsp3) is 0.615. The number of likely N-dealkylation sites (tertiary alicyclic amines) is 1. The smallest absolute Gasteiger partial charge is 0.231 e. The zero-order valence-electron chi connectivity index (χ0n) is 11.3. The molecule has 2 amide bonds. The lowest BCUT2D eigenvalue weighted by molar-refractivity contribution is -0.128. The number of anilines is 1. The van der Waals surface area contributed by atoms with E-state index in [0.29, 0.717) is 18.1 Å². The number of unbranched alkanes of at least 4 members (excludes halogenated alkanes) is 1. The molecule has 1 fully saturated rings. The molecule has 0 bridgehead atoms. The van der Waals surface area contributed by atoms with Crippen LogP contribution in [-0.4, -0.2) is 35.0 Å². The Hall–Kier alpha value is -1.85. The number of hydrogen-bond donors (Lipinski definition) is 1. The van der Waals surface area contributed by atoms with Crippen LogP contribution in [0.15, 0.2) is 10.6 Å². The zero-order valence-corrected chi connectivity index (χ0v) is 11.3.